The molecule has 1 N–H and O–H groups in total. The maximum absolute atomic E-state index is 12.4. The molecule has 3 rings (SSSR count). The number of nitrogens with one attached hydrogen (secondary N) is 1. The standard InChI is InChI=1S/C14H18N6O2S2/c1-10(2)14-16-13(8-19(14)3)24(21,22)15-6-11-7-20(18-17-11)12-4-5-23-9-12/h4-5,7-10,15H,6H2,1-3H3. The van der Waals surface area contributed by atoms with E-state index in [1.54, 1.807) is 33.8 Å². The van der Waals surface area contributed by atoms with Crippen molar-refractivity contribution in [2.75, 3.05) is 0 Å². The number of rotatable bonds is 6. The third-order valence-corrected chi connectivity index (χ3v) is 5.38. The van der Waals surface area contributed by atoms with Gasteiger partial charge in [-0.05, 0) is 11.4 Å². The summed E-state index contributed by atoms with van der Waals surface area (Å²) in [4.78, 5) is 4.21. The van der Waals surface area contributed by atoms with Crippen LogP contribution in [-0.4, -0.2) is 33.0 Å². The summed E-state index contributed by atoms with van der Waals surface area (Å²) in [6.45, 7) is 3.99. The lowest BCUT2D eigenvalue weighted by atomic mass is 10.2. The van der Waals surface area contributed by atoms with Crippen molar-refractivity contribution in [3.8, 4) is 5.69 Å². The number of aryl methyl sites for hydroxylation is 1. The number of hydrogen-bond acceptors (Lipinski definition) is 6. The fourth-order valence-electron chi connectivity index (χ4n) is 2.25. The quantitative estimate of drug-likeness (QED) is 0.716. The lowest BCUT2D eigenvalue weighted by Gasteiger charge is -2.02. The van der Waals surface area contributed by atoms with E-state index in [4.69, 9.17) is 0 Å². The van der Waals surface area contributed by atoms with Crippen LogP contribution in [0.1, 0.15) is 31.3 Å². The Bertz CT molecular complexity index is 925. The van der Waals surface area contributed by atoms with E-state index >= 15 is 0 Å². The Kier molecular flexibility index (Phi) is 4.52. The van der Waals surface area contributed by atoms with Gasteiger partial charge in [-0.2, -0.15) is 11.3 Å². The van der Waals surface area contributed by atoms with Gasteiger partial charge in [0.25, 0.3) is 10.0 Å². The minimum Gasteiger partial charge on any atom is -0.336 e. The Labute approximate surface area is 144 Å². The molecule has 0 aliphatic heterocycles. The van der Waals surface area contributed by atoms with Crippen LogP contribution in [0.15, 0.2) is 34.2 Å². The largest absolute Gasteiger partial charge is 0.336 e. The van der Waals surface area contributed by atoms with Crippen molar-refractivity contribution in [3.63, 3.8) is 0 Å². The summed E-state index contributed by atoms with van der Waals surface area (Å²) in [5.74, 6) is 0.864. The summed E-state index contributed by atoms with van der Waals surface area (Å²) in [5, 5.41) is 11.9. The topological polar surface area (TPSA) is 94.7 Å². The van der Waals surface area contributed by atoms with E-state index in [1.165, 1.54) is 6.20 Å². The maximum Gasteiger partial charge on any atom is 0.259 e. The van der Waals surface area contributed by atoms with E-state index in [9.17, 15) is 8.42 Å². The SMILES string of the molecule is CC(C)c1nc(S(=O)(=O)NCc2cn(-c3ccsc3)nn2)cn1C. The van der Waals surface area contributed by atoms with Gasteiger partial charge in [-0.3, -0.25) is 0 Å². The van der Waals surface area contributed by atoms with Gasteiger partial charge in [0.2, 0.25) is 0 Å². The zero-order valence-corrected chi connectivity index (χ0v) is 15.2. The highest BCUT2D eigenvalue weighted by Crippen LogP contribution is 2.16. The first kappa shape index (κ1) is 16.8. The molecule has 0 bridgehead atoms. The molecule has 0 fully saturated rings. The Morgan fingerprint density at radius 2 is 2.12 bits per heavy atom. The molecule has 3 aromatic heterocycles. The molecule has 0 amide bonds. The Morgan fingerprint density at radius 3 is 2.75 bits per heavy atom. The third-order valence-electron chi connectivity index (χ3n) is 3.44. The molecular weight excluding hydrogens is 348 g/mol. The van der Waals surface area contributed by atoms with E-state index in [-0.39, 0.29) is 17.5 Å². The summed E-state index contributed by atoms with van der Waals surface area (Å²) >= 11 is 1.55. The molecule has 0 aliphatic carbocycles. The highest BCUT2D eigenvalue weighted by Gasteiger charge is 2.21. The average Bonchev–Trinajstić information content (AvgIpc) is 3.25. The molecule has 0 atom stereocenters. The normalized spacial score (nSPS) is 12.2. The molecule has 0 radical (unpaired) electrons. The van der Waals surface area contributed by atoms with E-state index in [2.05, 4.69) is 20.0 Å². The van der Waals surface area contributed by atoms with Crippen molar-refractivity contribution < 1.29 is 8.42 Å². The van der Waals surface area contributed by atoms with Gasteiger partial charge in [0.1, 0.15) is 5.82 Å². The van der Waals surface area contributed by atoms with Crippen molar-refractivity contribution in [3.05, 3.63) is 40.7 Å². The van der Waals surface area contributed by atoms with Crippen molar-refractivity contribution in [1.82, 2.24) is 29.3 Å². The van der Waals surface area contributed by atoms with E-state index in [0.717, 1.165) is 11.5 Å². The smallest absolute Gasteiger partial charge is 0.259 e. The van der Waals surface area contributed by atoms with Crippen LogP contribution in [0, 0.1) is 0 Å². The molecule has 0 aliphatic rings. The summed E-state index contributed by atoms with van der Waals surface area (Å²) in [5.41, 5.74) is 1.43. The van der Waals surface area contributed by atoms with Gasteiger partial charge in [0.05, 0.1) is 24.1 Å². The fraction of sp³-hybridized carbons (Fsp3) is 0.357. The molecule has 0 unspecified atom stereocenters. The highest BCUT2D eigenvalue weighted by atomic mass is 32.2. The Morgan fingerprint density at radius 1 is 1.33 bits per heavy atom. The molecule has 3 heterocycles. The molecule has 10 heteroatoms. The zero-order valence-electron chi connectivity index (χ0n) is 13.5. The number of thiophene rings is 1. The first-order valence-corrected chi connectivity index (χ1v) is 9.76. The van der Waals surface area contributed by atoms with Crippen LogP contribution in [0.5, 0.6) is 0 Å². The maximum atomic E-state index is 12.4. The molecule has 0 saturated heterocycles. The summed E-state index contributed by atoms with van der Waals surface area (Å²) in [7, 11) is -1.91. The molecule has 128 valence electrons. The second-order valence-corrected chi connectivity index (χ2v) is 8.16. The lowest BCUT2D eigenvalue weighted by Crippen LogP contribution is -2.23. The van der Waals surface area contributed by atoms with Crippen LogP contribution in [0.4, 0.5) is 0 Å². The monoisotopic (exact) mass is 366 g/mol. The van der Waals surface area contributed by atoms with Crippen LogP contribution in [0.2, 0.25) is 0 Å². The second kappa shape index (κ2) is 6.46. The number of sulfonamides is 1. The van der Waals surface area contributed by atoms with E-state index < -0.39 is 10.0 Å². The Balaban J connectivity index is 1.73. The van der Waals surface area contributed by atoms with Crippen molar-refractivity contribution in [2.45, 2.75) is 31.3 Å². The predicted molar refractivity (Wildman–Crippen MR) is 90.6 cm³/mol. The summed E-state index contributed by atoms with van der Waals surface area (Å²) < 4.78 is 30.6. The van der Waals surface area contributed by atoms with E-state index in [1.807, 2.05) is 30.7 Å². The van der Waals surface area contributed by atoms with Gasteiger partial charge in [0.15, 0.2) is 5.03 Å². The first-order valence-electron chi connectivity index (χ1n) is 7.33. The average molecular weight is 366 g/mol. The zero-order chi connectivity index (χ0) is 17.3. The molecule has 24 heavy (non-hydrogen) atoms. The van der Waals surface area contributed by atoms with Crippen LogP contribution in [0.3, 0.4) is 0 Å². The van der Waals surface area contributed by atoms with Crippen LogP contribution >= 0.6 is 11.3 Å². The van der Waals surface area contributed by atoms with Gasteiger partial charge in [-0.1, -0.05) is 19.1 Å². The van der Waals surface area contributed by atoms with Crippen molar-refractivity contribution >= 4 is 21.4 Å². The molecule has 0 aromatic carbocycles. The molecule has 8 nitrogen and oxygen atoms in total. The van der Waals surface area contributed by atoms with Crippen LogP contribution in [-0.2, 0) is 23.6 Å². The third kappa shape index (κ3) is 3.40. The molecule has 0 spiro atoms. The second-order valence-electron chi connectivity index (χ2n) is 5.66. The number of imidazole rings is 1. The summed E-state index contributed by atoms with van der Waals surface area (Å²) in [6.07, 6.45) is 3.21. The van der Waals surface area contributed by atoms with Crippen LogP contribution < -0.4 is 4.72 Å². The van der Waals surface area contributed by atoms with E-state index in [0.29, 0.717) is 5.69 Å². The molecule has 3 aromatic rings. The van der Waals surface area contributed by atoms with Gasteiger partial charge in [-0.15, -0.1) is 5.10 Å². The molecular formula is C14H18N6O2S2. The lowest BCUT2D eigenvalue weighted by molar-refractivity contribution is 0.576. The highest BCUT2D eigenvalue weighted by molar-refractivity contribution is 7.89. The van der Waals surface area contributed by atoms with Crippen molar-refractivity contribution in [2.24, 2.45) is 7.05 Å². The number of aromatic nitrogens is 5. The van der Waals surface area contributed by atoms with Gasteiger partial charge < -0.3 is 4.57 Å². The van der Waals surface area contributed by atoms with Gasteiger partial charge >= 0.3 is 0 Å². The predicted octanol–water partition coefficient (Wildman–Crippen LogP) is 1.66. The van der Waals surface area contributed by atoms with Gasteiger partial charge in [0, 0.05) is 24.5 Å². The number of hydrogen-bond donors (Lipinski definition) is 1. The molecule has 0 saturated carbocycles. The van der Waals surface area contributed by atoms with Gasteiger partial charge in [-0.25, -0.2) is 22.8 Å². The first-order chi connectivity index (χ1) is 11.4. The fourth-order valence-corrected chi connectivity index (χ4v) is 3.87. The van der Waals surface area contributed by atoms with Crippen molar-refractivity contribution in [1.29, 1.82) is 0 Å². The number of nitrogens with zero attached hydrogens (tertiary/aromatic N) is 5. The summed E-state index contributed by atoms with van der Waals surface area (Å²) in [6, 6.07) is 1.91. The Hall–Kier alpha value is -2.04. The minimum atomic E-state index is -3.70. The van der Waals surface area contributed by atoms with Crippen LogP contribution in [0.25, 0.3) is 5.69 Å². The minimum absolute atomic E-state index is 0.0129.